The molecule has 0 saturated heterocycles. The quantitative estimate of drug-likeness (QED) is 0.354. The van der Waals surface area contributed by atoms with Gasteiger partial charge < -0.3 is 0 Å². The number of fused-ring (bicyclic) bond motifs is 3. The number of benzene rings is 2. The summed E-state index contributed by atoms with van der Waals surface area (Å²) in [5, 5.41) is 10.1. The fourth-order valence-electron chi connectivity index (χ4n) is 4.41. The molecule has 178 valence electrons. The third kappa shape index (κ3) is 4.65. The zero-order valence-corrected chi connectivity index (χ0v) is 20.4. The lowest BCUT2D eigenvalue weighted by atomic mass is 9.87. The number of hydrogen-bond donors (Lipinski definition) is 0. The molecule has 1 amide bonds. The number of aromatic nitrogens is 1. The van der Waals surface area contributed by atoms with E-state index in [1.807, 2.05) is 18.2 Å². The number of thioether (sulfide) groups is 1. The Morgan fingerprint density at radius 3 is 2.74 bits per heavy atom. The number of rotatable bonds is 3. The maximum absolute atomic E-state index is 13.5. The van der Waals surface area contributed by atoms with Crippen LogP contribution in [0.2, 0.25) is 0 Å². The van der Waals surface area contributed by atoms with Crippen molar-refractivity contribution in [3.63, 3.8) is 0 Å². The second-order valence-corrected chi connectivity index (χ2v) is 10.7. The van der Waals surface area contributed by atoms with Crippen LogP contribution in [-0.2, 0) is 23.8 Å². The highest BCUT2D eigenvalue weighted by Crippen LogP contribution is 2.49. The predicted octanol–water partition coefficient (Wildman–Crippen LogP) is 7.02. The Balaban J connectivity index is 1.47. The topological polar surface area (TPSA) is 57.0 Å². The van der Waals surface area contributed by atoms with Crippen LogP contribution in [0.3, 0.4) is 0 Å². The van der Waals surface area contributed by atoms with Crippen molar-refractivity contribution in [3.05, 3.63) is 70.9 Å². The van der Waals surface area contributed by atoms with Crippen molar-refractivity contribution in [3.8, 4) is 6.07 Å². The molecule has 1 atom stereocenters. The minimum Gasteiger partial charge on any atom is -0.278 e. The van der Waals surface area contributed by atoms with Crippen molar-refractivity contribution in [1.29, 1.82) is 5.26 Å². The largest absolute Gasteiger partial charge is 0.416 e. The van der Waals surface area contributed by atoms with Gasteiger partial charge in [0, 0.05) is 15.5 Å². The van der Waals surface area contributed by atoms with E-state index in [1.165, 1.54) is 22.7 Å². The molecule has 2 aliphatic rings. The van der Waals surface area contributed by atoms with E-state index in [0.717, 1.165) is 59.3 Å². The molecule has 0 fully saturated rings. The Morgan fingerprint density at radius 1 is 1.20 bits per heavy atom. The number of halogens is 3. The molecule has 1 aromatic heterocycles. The summed E-state index contributed by atoms with van der Waals surface area (Å²) in [5.41, 5.74) is 2.40. The van der Waals surface area contributed by atoms with Gasteiger partial charge in [-0.2, -0.15) is 18.4 Å². The molecule has 0 N–H and O–H groups in total. The Labute approximate surface area is 209 Å². The highest BCUT2D eigenvalue weighted by Gasteiger charge is 2.35. The van der Waals surface area contributed by atoms with Crippen LogP contribution in [0.15, 0.2) is 63.3 Å². The van der Waals surface area contributed by atoms with Gasteiger partial charge >= 0.3 is 6.18 Å². The first-order valence-electron chi connectivity index (χ1n) is 11.1. The number of carbonyl (C=O) groups is 1. The molecule has 1 aliphatic heterocycles. The monoisotopic (exact) mass is 511 g/mol. The van der Waals surface area contributed by atoms with E-state index in [-0.39, 0.29) is 17.3 Å². The second-order valence-electron chi connectivity index (χ2n) is 8.67. The number of carbonyl (C=O) groups excluding carboxylic acids is 1. The summed E-state index contributed by atoms with van der Waals surface area (Å²) in [6.07, 6.45) is -1.79. The molecule has 5 rings (SSSR count). The summed E-state index contributed by atoms with van der Waals surface area (Å²) in [6.45, 7) is 2.17. The number of hydrogen-bond acceptors (Lipinski definition) is 5. The molecule has 35 heavy (non-hydrogen) atoms. The lowest BCUT2D eigenvalue weighted by Crippen LogP contribution is -2.30. The number of alkyl halides is 3. The number of aryl methyl sites for hydroxylation is 1. The highest BCUT2D eigenvalue weighted by molar-refractivity contribution is 8.00. The molecule has 0 bridgehead atoms. The molecule has 3 aromatic rings. The van der Waals surface area contributed by atoms with Crippen LogP contribution in [0.1, 0.15) is 35.7 Å². The normalized spacial score (nSPS) is 16.7. The predicted molar refractivity (Wildman–Crippen MR) is 130 cm³/mol. The summed E-state index contributed by atoms with van der Waals surface area (Å²) < 4.78 is 40.3. The number of pyridine rings is 1. The van der Waals surface area contributed by atoms with Crippen molar-refractivity contribution in [1.82, 2.24) is 4.98 Å². The maximum Gasteiger partial charge on any atom is 0.416 e. The van der Waals surface area contributed by atoms with Crippen LogP contribution in [0.4, 0.5) is 24.5 Å². The van der Waals surface area contributed by atoms with E-state index in [2.05, 4.69) is 18.0 Å². The Hall–Kier alpha value is -2.96. The van der Waals surface area contributed by atoms with Crippen molar-refractivity contribution in [2.24, 2.45) is 5.92 Å². The van der Waals surface area contributed by atoms with Gasteiger partial charge in [-0.1, -0.05) is 42.6 Å². The molecule has 0 spiro atoms. The third-order valence-corrected chi connectivity index (χ3v) is 8.26. The van der Waals surface area contributed by atoms with E-state index in [9.17, 15) is 23.2 Å². The minimum absolute atomic E-state index is 0.0639. The molecule has 0 unspecified atom stereocenters. The number of para-hydroxylation sites is 1. The zero-order chi connectivity index (χ0) is 24.7. The molecule has 4 nitrogen and oxygen atoms in total. The summed E-state index contributed by atoms with van der Waals surface area (Å²) in [5.74, 6) is 0.0981. The average Bonchev–Trinajstić information content (AvgIpc) is 2.84. The minimum atomic E-state index is -4.52. The van der Waals surface area contributed by atoms with Crippen molar-refractivity contribution >= 4 is 40.8 Å². The number of anilines is 2. The Bertz CT molecular complexity index is 1370. The smallest absolute Gasteiger partial charge is 0.278 e. The molecule has 2 heterocycles. The van der Waals surface area contributed by atoms with Gasteiger partial charge in [0.1, 0.15) is 11.1 Å². The van der Waals surface area contributed by atoms with Gasteiger partial charge in [0.2, 0.25) is 5.91 Å². The third-order valence-electron chi connectivity index (χ3n) is 6.15. The van der Waals surface area contributed by atoms with E-state index >= 15 is 0 Å². The van der Waals surface area contributed by atoms with Crippen LogP contribution in [-0.4, -0.2) is 16.6 Å². The van der Waals surface area contributed by atoms with E-state index < -0.39 is 11.7 Å². The fraction of sp³-hybridized carbons (Fsp3) is 0.269. The van der Waals surface area contributed by atoms with E-state index in [4.69, 9.17) is 0 Å². The Kier molecular flexibility index (Phi) is 6.28. The van der Waals surface area contributed by atoms with Crippen molar-refractivity contribution < 1.29 is 18.0 Å². The molecule has 1 aliphatic carbocycles. The SMILES string of the molecule is C[C@@H]1CCc2nc(SCC(=O)N3c4ccccc4Sc4ccc(C(F)(F)F)cc43)c(C#N)cc2C1. The van der Waals surface area contributed by atoms with Crippen LogP contribution < -0.4 is 4.90 Å². The standard InChI is InChI=1S/C26H20F3N3OS2/c1-15-6-8-19-16(10-15)11-17(13-30)25(31-19)34-14-24(33)32-20-4-2-3-5-22(20)35-23-9-7-18(12-21(23)32)26(27,28)29/h2-5,7,9,11-12,15H,6,8,10,14H2,1H3/t15-/m1/s1. The van der Waals surface area contributed by atoms with Crippen LogP contribution in [0.25, 0.3) is 0 Å². The highest BCUT2D eigenvalue weighted by atomic mass is 32.2. The average molecular weight is 512 g/mol. The first kappa shape index (κ1) is 23.8. The van der Waals surface area contributed by atoms with Crippen LogP contribution in [0, 0.1) is 17.2 Å². The van der Waals surface area contributed by atoms with Gasteiger partial charge in [0.25, 0.3) is 0 Å². The van der Waals surface area contributed by atoms with Gasteiger partial charge in [-0.25, -0.2) is 4.98 Å². The van der Waals surface area contributed by atoms with E-state index in [1.54, 1.807) is 12.1 Å². The van der Waals surface area contributed by atoms with Gasteiger partial charge in [-0.3, -0.25) is 9.69 Å². The van der Waals surface area contributed by atoms with Gasteiger partial charge in [-0.05, 0) is 67.1 Å². The van der Waals surface area contributed by atoms with Crippen LogP contribution >= 0.6 is 23.5 Å². The molecular weight excluding hydrogens is 491 g/mol. The lowest BCUT2D eigenvalue weighted by molar-refractivity contribution is -0.137. The lowest BCUT2D eigenvalue weighted by Gasteiger charge is -2.31. The zero-order valence-electron chi connectivity index (χ0n) is 18.7. The van der Waals surface area contributed by atoms with Gasteiger partial charge in [0.05, 0.1) is 28.3 Å². The fourth-order valence-corrected chi connectivity index (χ4v) is 6.27. The van der Waals surface area contributed by atoms with Crippen molar-refractivity contribution in [2.75, 3.05) is 10.7 Å². The summed E-state index contributed by atoms with van der Waals surface area (Å²) in [4.78, 5) is 20.9. The number of amides is 1. The second kappa shape index (κ2) is 9.25. The molecular formula is C26H20F3N3OS2. The molecule has 0 radical (unpaired) electrons. The maximum atomic E-state index is 13.5. The van der Waals surface area contributed by atoms with Crippen molar-refractivity contribution in [2.45, 2.75) is 47.2 Å². The van der Waals surface area contributed by atoms with E-state index in [0.29, 0.717) is 27.1 Å². The summed E-state index contributed by atoms with van der Waals surface area (Å²) in [7, 11) is 0. The molecule has 0 saturated carbocycles. The van der Waals surface area contributed by atoms with Crippen LogP contribution in [0.5, 0.6) is 0 Å². The summed E-state index contributed by atoms with van der Waals surface area (Å²) in [6, 6.07) is 14.7. The van der Waals surface area contributed by atoms with Gasteiger partial charge in [-0.15, -0.1) is 0 Å². The first-order chi connectivity index (χ1) is 16.7. The molecule has 9 heteroatoms. The molecule has 2 aromatic carbocycles. The van der Waals surface area contributed by atoms with Gasteiger partial charge in [0.15, 0.2) is 0 Å². The number of nitriles is 1. The number of nitrogens with zero attached hydrogens (tertiary/aromatic N) is 3. The first-order valence-corrected chi connectivity index (χ1v) is 12.9. The Morgan fingerprint density at radius 2 is 1.97 bits per heavy atom. The summed E-state index contributed by atoms with van der Waals surface area (Å²) >= 11 is 2.49.